The number of rotatable bonds is 5. The zero-order valence-electron chi connectivity index (χ0n) is 12.8. The van der Waals surface area contributed by atoms with Gasteiger partial charge >= 0.3 is 5.97 Å². The fourth-order valence-electron chi connectivity index (χ4n) is 2.17. The Hall–Kier alpha value is -2.63. The molecule has 0 saturated heterocycles. The van der Waals surface area contributed by atoms with Crippen LogP contribution in [0.1, 0.15) is 40.1 Å². The Morgan fingerprint density at radius 3 is 2.73 bits per heavy atom. The van der Waals surface area contributed by atoms with Crippen LogP contribution in [0.2, 0.25) is 0 Å². The lowest BCUT2D eigenvalue weighted by Gasteiger charge is -2.20. The number of hydrogen-bond acceptors (Lipinski definition) is 4. The molecule has 0 spiro atoms. The zero-order valence-corrected chi connectivity index (χ0v) is 12.8. The van der Waals surface area contributed by atoms with Crippen LogP contribution < -0.4 is 5.32 Å². The van der Waals surface area contributed by atoms with Crippen molar-refractivity contribution in [2.24, 2.45) is 0 Å². The average Bonchev–Trinajstić information content (AvgIpc) is 3.02. The van der Waals surface area contributed by atoms with E-state index in [2.05, 4.69) is 15.5 Å². The summed E-state index contributed by atoms with van der Waals surface area (Å²) < 4.78 is 5.09. The third kappa shape index (κ3) is 3.33. The van der Waals surface area contributed by atoms with Crippen molar-refractivity contribution in [3.63, 3.8) is 0 Å². The highest BCUT2D eigenvalue weighted by molar-refractivity contribution is 5.95. The van der Waals surface area contributed by atoms with Crippen LogP contribution in [-0.2, 0) is 9.53 Å². The smallest absolute Gasteiger partial charge is 0.333 e. The SMILES string of the molecule is CCOC(=O)[C@@H](NC(=O)c1ccn[nH]1)c1cccc(C)c1C. The van der Waals surface area contributed by atoms with Crippen LogP contribution in [0.15, 0.2) is 30.5 Å². The molecule has 2 aromatic rings. The second-order valence-corrected chi connectivity index (χ2v) is 4.92. The summed E-state index contributed by atoms with van der Waals surface area (Å²) in [6, 6.07) is 6.32. The van der Waals surface area contributed by atoms with Crippen molar-refractivity contribution < 1.29 is 14.3 Å². The van der Waals surface area contributed by atoms with Crippen LogP contribution in [0.5, 0.6) is 0 Å². The summed E-state index contributed by atoms with van der Waals surface area (Å²) in [5, 5.41) is 9.01. The molecule has 1 aromatic heterocycles. The van der Waals surface area contributed by atoms with E-state index in [4.69, 9.17) is 4.74 Å². The molecule has 0 saturated carbocycles. The maximum Gasteiger partial charge on any atom is 0.333 e. The first-order valence-corrected chi connectivity index (χ1v) is 7.07. The van der Waals surface area contributed by atoms with Crippen molar-refractivity contribution in [1.82, 2.24) is 15.5 Å². The van der Waals surface area contributed by atoms with Gasteiger partial charge in [0.25, 0.3) is 5.91 Å². The van der Waals surface area contributed by atoms with Crippen LogP contribution in [0.25, 0.3) is 0 Å². The highest BCUT2D eigenvalue weighted by Crippen LogP contribution is 2.22. The third-order valence-electron chi connectivity index (χ3n) is 3.50. The van der Waals surface area contributed by atoms with Crippen molar-refractivity contribution >= 4 is 11.9 Å². The minimum Gasteiger partial charge on any atom is -0.464 e. The summed E-state index contributed by atoms with van der Waals surface area (Å²) in [4.78, 5) is 24.5. The molecule has 1 aromatic carbocycles. The molecule has 1 heterocycles. The number of nitrogens with one attached hydrogen (secondary N) is 2. The summed E-state index contributed by atoms with van der Waals surface area (Å²) in [7, 11) is 0. The summed E-state index contributed by atoms with van der Waals surface area (Å²) in [6.45, 7) is 5.85. The first-order chi connectivity index (χ1) is 10.5. The van der Waals surface area contributed by atoms with Gasteiger partial charge in [-0.05, 0) is 43.5 Å². The van der Waals surface area contributed by atoms with Gasteiger partial charge in [-0.3, -0.25) is 9.89 Å². The highest BCUT2D eigenvalue weighted by Gasteiger charge is 2.26. The molecule has 22 heavy (non-hydrogen) atoms. The number of aryl methyl sites for hydroxylation is 1. The summed E-state index contributed by atoms with van der Waals surface area (Å²) in [6.07, 6.45) is 1.48. The number of aromatic amines is 1. The molecule has 116 valence electrons. The van der Waals surface area contributed by atoms with Gasteiger partial charge < -0.3 is 10.1 Å². The number of carbonyl (C=O) groups excluding carboxylic acids is 2. The number of esters is 1. The summed E-state index contributed by atoms with van der Waals surface area (Å²) in [5.41, 5.74) is 3.01. The quantitative estimate of drug-likeness (QED) is 0.828. The van der Waals surface area contributed by atoms with Gasteiger partial charge in [-0.15, -0.1) is 0 Å². The molecule has 1 amide bonds. The number of carbonyl (C=O) groups is 2. The molecule has 1 atom stereocenters. The molecule has 2 N–H and O–H groups in total. The number of amides is 1. The number of ether oxygens (including phenoxy) is 1. The normalized spacial score (nSPS) is 11.8. The molecule has 6 heteroatoms. The second kappa shape index (κ2) is 6.89. The molecular weight excluding hydrogens is 282 g/mol. The second-order valence-electron chi connectivity index (χ2n) is 4.92. The predicted octanol–water partition coefficient (Wildman–Crippen LogP) is 2.06. The Morgan fingerprint density at radius 1 is 1.32 bits per heavy atom. The van der Waals surface area contributed by atoms with E-state index in [-0.39, 0.29) is 6.61 Å². The van der Waals surface area contributed by atoms with Gasteiger partial charge in [0, 0.05) is 6.20 Å². The van der Waals surface area contributed by atoms with Crippen LogP contribution in [-0.4, -0.2) is 28.7 Å². The van der Waals surface area contributed by atoms with Crippen molar-refractivity contribution in [1.29, 1.82) is 0 Å². The van der Waals surface area contributed by atoms with Gasteiger partial charge in [-0.1, -0.05) is 18.2 Å². The van der Waals surface area contributed by atoms with Crippen molar-refractivity contribution in [2.45, 2.75) is 26.8 Å². The van der Waals surface area contributed by atoms with E-state index in [0.29, 0.717) is 5.69 Å². The van der Waals surface area contributed by atoms with Gasteiger partial charge in [0.1, 0.15) is 5.69 Å². The molecule has 0 aliphatic rings. The first kappa shape index (κ1) is 15.8. The Kier molecular flexibility index (Phi) is 4.93. The van der Waals surface area contributed by atoms with Crippen molar-refractivity contribution in [2.75, 3.05) is 6.61 Å². The Balaban J connectivity index is 2.32. The first-order valence-electron chi connectivity index (χ1n) is 7.07. The lowest BCUT2D eigenvalue weighted by atomic mass is 9.97. The topological polar surface area (TPSA) is 84.1 Å². The van der Waals surface area contributed by atoms with Gasteiger partial charge in [-0.25, -0.2) is 4.79 Å². The maximum atomic E-state index is 12.2. The molecule has 2 rings (SSSR count). The number of aromatic nitrogens is 2. The fraction of sp³-hybridized carbons (Fsp3) is 0.312. The van der Waals surface area contributed by atoms with E-state index in [1.54, 1.807) is 13.0 Å². The standard InChI is InChI=1S/C16H19N3O3/c1-4-22-16(21)14(12-7-5-6-10(2)11(12)3)18-15(20)13-8-9-17-19-13/h5-9,14H,4H2,1-3H3,(H,17,19)(H,18,20)/t14-/m0/s1. The van der Waals surface area contributed by atoms with E-state index < -0.39 is 17.9 Å². The molecular formula is C16H19N3O3. The molecule has 0 radical (unpaired) electrons. The molecule has 0 fully saturated rings. The predicted molar refractivity (Wildman–Crippen MR) is 81.3 cm³/mol. The number of benzene rings is 1. The minimum atomic E-state index is -0.851. The lowest BCUT2D eigenvalue weighted by molar-refractivity contribution is -0.145. The van der Waals surface area contributed by atoms with Crippen molar-refractivity contribution in [3.05, 3.63) is 52.8 Å². The Labute approximate surface area is 128 Å². The molecule has 0 aliphatic heterocycles. The van der Waals surface area contributed by atoms with E-state index in [0.717, 1.165) is 16.7 Å². The molecule has 0 unspecified atom stereocenters. The largest absolute Gasteiger partial charge is 0.464 e. The lowest BCUT2D eigenvalue weighted by Crippen LogP contribution is -2.35. The highest BCUT2D eigenvalue weighted by atomic mass is 16.5. The maximum absolute atomic E-state index is 12.2. The third-order valence-corrected chi connectivity index (χ3v) is 3.50. The summed E-state index contributed by atoms with van der Waals surface area (Å²) >= 11 is 0. The van der Waals surface area contributed by atoms with Gasteiger partial charge in [0.05, 0.1) is 6.61 Å². The van der Waals surface area contributed by atoms with Gasteiger partial charge in [0.15, 0.2) is 6.04 Å². The Morgan fingerprint density at radius 2 is 2.09 bits per heavy atom. The average molecular weight is 301 g/mol. The molecule has 0 bridgehead atoms. The van der Waals surface area contributed by atoms with E-state index in [1.807, 2.05) is 32.0 Å². The fourth-order valence-corrected chi connectivity index (χ4v) is 2.17. The zero-order chi connectivity index (χ0) is 16.1. The van der Waals surface area contributed by atoms with E-state index in [9.17, 15) is 9.59 Å². The minimum absolute atomic E-state index is 0.250. The van der Waals surface area contributed by atoms with Crippen LogP contribution in [0.3, 0.4) is 0 Å². The van der Waals surface area contributed by atoms with Gasteiger partial charge in [0.2, 0.25) is 0 Å². The monoisotopic (exact) mass is 301 g/mol. The Bertz CT molecular complexity index is 665. The number of H-pyrrole nitrogens is 1. The van der Waals surface area contributed by atoms with E-state index in [1.165, 1.54) is 6.20 Å². The molecule has 0 aliphatic carbocycles. The molecule has 6 nitrogen and oxygen atoms in total. The van der Waals surface area contributed by atoms with Crippen LogP contribution in [0, 0.1) is 13.8 Å². The van der Waals surface area contributed by atoms with Crippen LogP contribution >= 0.6 is 0 Å². The van der Waals surface area contributed by atoms with Crippen LogP contribution in [0.4, 0.5) is 0 Å². The van der Waals surface area contributed by atoms with E-state index >= 15 is 0 Å². The number of hydrogen-bond donors (Lipinski definition) is 2. The van der Waals surface area contributed by atoms with Gasteiger partial charge in [-0.2, -0.15) is 5.10 Å². The number of nitrogens with zero attached hydrogens (tertiary/aromatic N) is 1. The van der Waals surface area contributed by atoms with Crippen molar-refractivity contribution in [3.8, 4) is 0 Å². The summed E-state index contributed by atoms with van der Waals surface area (Å²) in [5.74, 6) is -0.888.